The zero-order valence-electron chi connectivity index (χ0n) is 18.3. The number of carbonyl (C=O) groups excluding carboxylic acids is 1. The van der Waals surface area contributed by atoms with Gasteiger partial charge >= 0.3 is 0 Å². The van der Waals surface area contributed by atoms with Gasteiger partial charge in [0.2, 0.25) is 11.9 Å². The molecule has 1 saturated heterocycles. The average molecular weight is 445 g/mol. The Morgan fingerprint density at radius 1 is 1.09 bits per heavy atom. The predicted molar refractivity (Wildman–Crippen MR) is 131 cm³/mol. The largest absolute Gasteiger partial charge is 0.351 e. The van der Waals surface area contributed by atoms with E-state index in [2.05, 4.69) is 70.2 Å². The standard InChI is InChI=1S/C26H28N4OS/c1-19-6-4-7-20(16-19)18-30-24-10-3-2-9-23(24)28-26(30)29-13-11-21(12-14-29)25(31)27-17-22-8-5-15-32-22/h2-10,15-16,21H,11-14,17-18H2,1H3,(H,27,31). The molecule has 0 bridgehead atoms. The maximum Gasteiger partial charge on any atom is 0.223 e. The van der Waals surface area contributed by atoms with Crippen molar-refractivity contribution in [1.82, 2.24) is 14.9 Å². The molecule has 0 atom stereocenters. The molecule has 0 spiro atoms. The van der Waals surface area contributed by atoms with Crippen LogP contribution < -0.4 is 10.2 Å². The number of thiophene rings is 1. The lowest BCUT2D eigenvalue weighted by molar-refractivity contribution is -0.125. The summed E-state index contributed by atoms with van der Waals surface area (Å²) in [5.74, 6) is 1.25. The first kappa shape index (κ1) is 20.8. The molecule has 4 aromatic rings. The number of aromatic nitrogens is 2. The van der Waals surface area contributed by atoms with Gasteiger partial charge in [0.25, 0.3) is 0 Å². The third-order valence-corrected chi connectivity index (χ3v) is 7.10. The summed E-state index contributed by atoms with van der Waals surface area (Å²) < 4.78 is 2.32. The maximum atomic E-state index is 12.7. The Balaban J connectivity index is 1.31. The van der Waals surface area contributed by atoms with Crippen molar-refractivity contribution in [1.29, 1.82) is 0 Å². The molecule has 5 rings (SSSR count). The number of hydrogen-bond donors (Lipinski definition) is 1. The molecule has 0 saturated carbocycles. The molecule has 1 fully saturated rings. The lowest BCUT2D eigenvalue weighted by Gasteiger charge is -2.32. The number of piperidine rings is 1. The topological polar surface area (TPSA) is 50.2 Å². The zero-order chi connectivity index (χ0) is 21.9. The number of anilines is 1. The lowest BCUT2D eigenvalue weighted by Crippen LogP contribution is -2.41. The zero-order valence-corrected chi connectivity index (χ0v) is 19.1. The minimum absolute atomic E-state index is 0.0702. The smallest absolute Gasteiger partial charge is 0.223 e. The highest BCUT2D eigenvalue weighted by Gasteiger charge is 2.27. The molecule has 1 aliphatic rings. The maximum absolute atomic E-state index is 12.7. The van der Waals surface area contributed by atoms with Gasteiger partial charge in [0.15, 0.2) is 0 Å². The fraction of sp³-hybridized carbons (Fsp3) is 0.308. The van der Waals surface area contributed by atoms with E-state index in [1.807, 2.05) is 17.5 Å². The number of hydrogen-bond acceptors (Lipinski definition) is 4. The van der Waals surface area contributed by atoms with Crippen LogP contribution in [0.3, 0.4) is 0 Å². The number of carbonyl (C=O) groups is 1. The van der Waals surface area contributed by atoms with Crippen molar-refractivity contribution < 1.29 is 4.79 Å². The van der Waals surface area contributed by atoms with E-state index < -0.39 is 0 Å². The molecule has 164 valence electrons. The van der Waals surface area contributed by atoms with Crippen LogP contribution in [-0.2, 0) is 17.9 Å². The monoisotopic (exact) mass is 444 g/mol. The van der Waals surface area contributed by atoms with Gasteiger partial charge in [-0.3, -0.25) is 4.79 Å². The highest BCUT2D eigenvalue weighted by atomic mass is 32.1. The van der Waals surface area contributed by atoms with Crippen LogP contribution in [0.2, 0.25) is 0 Å². The van der Waals surface area contributed by atoms with Crippen molar-refractivity contribution in [3.63, 3.8) is 0 Å². The molecule has 6 heteroatoms. The minimum atomic E-state index is 0.0702. The number of nitrogens with zero attached hydrogens (tertiary/aromatic N) is 3. The fourth-order valence-electron chi connectivity index (χ4n) is 4.53. The summed E-state index contributed by atoms with van der Waals surface area (Å²) in [6.07, 6.45) is 1.70. The van der Waals surface area contributed by atoms with Crippen molar-refractivity contribution in [3.8, 4) is 0 Å². The van der Waals surface area contributed by atoms with E-state index in [-0.39, 0.29) is 11.8 Å². The molecule has 2 aromatic heterocycles. The molecule has 1 N–H and O–H groups in total. The van der Waals surface area contributed by atoms with Crippen molar-refractivity contribution in [2.24, 2.45) is 5.92 Å². The van der Waals surface area contributed by atoms with Gasteiger partial charge in [-0.05, 0) is 48.9 Å². The Hall–Kier alpha value is -3.12. The minimum Gasteiger partial charge on any atom is -0.351 e. The highest BCUT2D eigenvalue weighted by Crippen LogP contribution is 2.28. The van der Waals surface area contributed by atoms with Gasteiger partial charge < -0.3 is 14.8 Å². The van der Waals surface area contributed by atoms with Gasteiger partial charge in [-0.1, -0.05) is 48.0 Å². The lowest BCUT2D eigenvalue weighted by atomic mass is 9.96. The second kappa shape index (κ2) is 9.17. The normalized spacial score (nSPS) is 14.7. The van der Waals surface area contributed by atoms with E-state index in [4.69, 9.17) is 4.98 Å². The quantitative estimate of drug-likeness (QED) is 0.456. The first-order chi connectivity index (χ1) is 15.7. The van der Waals surface area contributed by atoms with Crippen LogP contribution in [0.5, 0.6) is 0 Å². The van der Waals surface area contributed by atoms with Crippen LogP contribution in [0, 0.1) is 12.8 Å². The van der Waals surface area contributed by atoms with Gasteiger partial charge in [-0.2, -0.15) is 0 Å². The summed E-state index contributed by atoms with van der Waals surface area (Å²) in [6, 6.07) is 21.1. The van der Waals surface area contributed by atoms with E-state index >= 15 is 0 Å². The summed E-state index contributed by atoms with van der Waals surface area (Å²) in [5, 5.41) is 5.16. The van der Waals surface area contributed by atoms with Crippen LogP contribution in [0.25, 0.3) is 11.0 Å². The van der Waals surface area contributed by atoms with Crippen molar-refractivity contribution in [3.05, 3.63) is 82.0 Å². The Bertz CT molecular complexity index is 1210. The SMILES string of the molecule is Cc1cccc(Cn2c(N3CCC(C(=O)NCc4cccs4)CC3)nc3ccccc32)c1. The fourth-order valence-corrected chi connectivity index (χ4v) is 5.17. The van der Waals surface area contributed by atoms with E-state index in [0.29, 0.717) is 6.54 Å². The average Bonchev–Trinajstić information content (AvgIpc) is 3.46. The van der Waals surface area contributed by atoms with E-state index in [9.17, 15) is 4.79 Å². The van der Waals surface area contributed by atoms with Crippen LogP contribution in [0.15, 0.2) is 66.0 Å². The number of imidazole rings is 1. The number of rotatable bonds is 6. The summed E-state index contributed by atoms with van der Waals surface area (Å²) in [5.41, 5.74) is 4.71. The molecule has 3 heterocycles. The third-order valence-electron chi connectivity index (χ3n) is 6.22. The van der Waals surface area contributed by atoms with Crippen LogP contribution >= 0.6 is 11.3 Å². The van der Waals surface area contributed by atoms with E-state index in [1.165, 1.54) is 16.0 Å². The first-order valence-corrected chi connectivity index (χ1v) is 12.1. The second-order valence-corrected chi connectivity index (χ2v) is 9.57. The van der Waals surface area contributed by atoms with Crippen molar-refractivity contribution >= 4 is 34.2 Å². The number of aryl methyl sites for hydroxylation is 1. The number of amides is 1. The Morgan fingerprint density at radius 3 is 2.72 bits per heavy atom. The number of nitrogens with one attached hydrogen (secondary N) is 1. The summed E-state index contributed by atoms with van der Waals surface area (Å²) in [7, 11) is 0. The molecular formula is C26H28N4OS. The van der Waals surface area contributed by atoms with Gasteiger partial charge in [0, 0.05) is 23.9 Å². The number of fused-ring (bicyclic) bond motifs is 1. The molecule has 32 heavy (non-hydrogen) atoms. The first-order valence-electron chi connectivity index (χ1n) is 11.2. The van der Waals surface area contributed by atoms with Gasteiger partial charge in [0.1, 0.15) is 0 Å². The van der Waals surface area contributed by atoms with Crippen LogP contribution in [0.4, 0.5) is 5.95 Å². The third kappa shape index (κ3) is 4.41. The van der Waals surface area contributed by atoms with E-state index in [1.54, 1.807) is 11.3 Å². The second-order valence-electron chi connectivity index (χ2n) is 8.53. The van der Waals surface area contributed by atoms with Gasteiger partial charge in [-0.15, -0.1) is 11.3 Å². The summed E-state index contributed by atoms with van der Waals surface area (Å²) in [6.45, 7) is 5.23. The van der Waals surface area contributed by atoms with Crippen LogP contribution in [-0.4, -0.2) is 28.5 Å². The molecule has 0 radical (unpaired) electrons. The molecule has 0 unspecified atom stereocenters. The predicted octanol–water partition coefficient (Wildman–Crippen LogP) is 4.99. The molecule has 0 aliphatic carbocycles. The Morgan fingerprint density at radius 2 is 1.94 bits per heavy atom. The molecule has 1 amide bonds. The summed E-state index contributed by atoms with van der Waals surface area (Å²) >= 11 is 1.68. The van der Waals surface area contributed by atoms with Gasteiger partial charge in [0.05, 0.1) is 24.1 Å². The molecular weight excluding hydrogens is 416 g/mol. The Kier molecular flexibility index (Phi) is 5.95. The van der Waals surface area contributed by atoms with Crippen molar-refractivity contribution in [2.45, 2.75) is 32.9 Å². The number of para-hydroxylation sites is 2. The molecule has 2 aromatic carbocycles. The number of benzene rings is 2. The van der Waals surface area contributed by atoms with Crippen LogP contribution in [0.1, 0.15) is 28.8 Å². The Labute approximate surface area is 192 Å². The molecule has 5 nitrogen and oxygen atoms in total. The van der Waals surface area contributed by atoms with Crippen molar-refractivity contribution in [2.75, 3.05) is 18.0 Å². The summed E-state index contributed by atoms with van der Waals surface area (Å²) in [4.78, 5) is 21.2. The highest BCUT2D eigenvalue weighted by molar-refractivity contribution is 7.09. The molecule has 1 aliphatic heterocycles. The van der Waals surface area contributed by atoms with E-state index in [0.717, 1.165) is 49.5 Å². The van der Waals surface area contributed by atoms with Gasteiger partial charge in [-0.25, -0.2) is 4.98 Å².